The summed E-state index contributed by atoms with van der Waals surface area (Å²) in [5.41, 5.74) is 2.68. The topological polar surface area (TPSA) is 26.3 Å². The summed E-state index contributed by atoms with van der Waals surface area (Å²) in [6.45, 7) is 3.97. The maximum Gasteiger partial charge on any atom is 0.306 e. The van der Waals surface area contributed by atoms with Gasteiger partial charge >= 0.3 is 5.97 Å². The van der Waals surface area contributed by atoms with Gasteiger partial charge in [0.2, 0.25) is 0 Å². The minimum atomic E-state index is -0.160. The van der Waals surface area contributed by atoms with Gasteiger partial charge in [-0.1, -0.05) is 24.1 Å². The Morgan fingerprint density at radius 1 is 1.69 bits per heavy atom. The lowest BCUT2D eigenvalue weighted by Gasteiger charge is -2.09. The number of esters is 1. The zero-order valence-electron chi connectivity index (χ0n) is 8.17. The van der Waals surface area contributed by atoms with Crippen molar-refractivity contribution in [2.45, 2.75) is 25.5 Å². The number of carbonyl (C=O) groups excluding carboxylic acids is 1. The monoisotopic (exact) mass is 222 g/mol. The number of halogens is 1. The molecule has 0 aliphatic rings. The zero-order valence-corrected chi connectivity index (χ0v) is 9.74. The first-order valence-corrected chi connectivity index (χ1v) is 5.53. The Morgan fingerprint density at radius 3 is 2.77 bits per heavy atom. The van der Waals surface area contributed by atoms with E-state index in [9.17, 15) is 4.79 Å². The van der Waals surface area contributed by atoms with E-state index in [1.165, 1.54) is 7.11 Å². The molecule has 0 aliphatic carbocycles. The Bertz CT molecular complexity index is 192. The summed E-state index contributed by atoms with van der Waals surface area (Å²) in [4.78, 5) is 10.9. The van der Waals surface area contributed by atoms with Gasteiger partial charge in [-0.3, -0.25) is 4.79 Å². The van der Waals surface area contributed by atoms with E-state index >= 15 is 0 Å². The molecule has 0 aromatic rings. The predicted octanol–water partition coefficient (Wildman–Crippen LogP) is 2.81. The van der Waals surface area contributed by atoms with Crippen LogP contribution in [0.15, 0.2) is 11.1 Å². The molecule has 0 radical (unpaired) electrons. The lowest BCUT2D eigenvalue weighted by molar-refractivity contribution is -0.140. The second kappa shape index (κ2) is 7.27. The third kappa shape index (κ3) is 6.96. The van der Waals surface area contributed by atoms with Gasteiger partial charge in [0, 0.05) is 16.5 Å². The van der Waals surface area contributed by atoms with Crippen molar-refractivity contribution in [3.63, 3.8) is 0 Å². The highest BCUT2D eigenvalue weighted by atomic mass is 35.5. The van der Waals surface area contributed by atoms with Crippen LogP contribution < -0.4 is 0 Å². The Labute approximate surface area is 88.7 Å². The van der Waals surface area contributed by atoms with Gasteiger partial charge in [0.1, 0.15) is 0 Å². The maximum absolute atomic E-state index is 10.9. The molecular weight excluding hydrogens is 208 g/mol. The van der Waals surface area contributed by atoms with Gasteiger partial charge in [-0.05, 0) is 6.92 Å². The Hall–Kier alpha value is -0.150. The molecule has 0 rings (SSSR count). The molecule has 0 N–H and O–H groups in total. The van der Waals surface area contributed by atoms with E-state index in [2.05, 4.69) is 4.74 Å². The molecule has 0 bridgehead atoms. The first kappa shape index (κ1) is 12.8. The first-order chi connectivity index (χ1) is 6.10. The summed E-state index contributed by atoms with van der Waals surface area (Å²) in [6.07, 6.45) is 0.455. The van der Waals surface area contributed by atoms with Crippen LogP contribution in [0, 0.1) is 0 Å². The number of hydrogen-bond acceptors (Lipinski definition) is 3. The molecule has 0 aromatic heterocycles. The smallest absolute Gasteiger partial charge is 0.306 e. The van der Waals surface area contributed by atoms with E-state index in [0.717, 1.165) is 11.3 Å². The average Bonchev–Trinajstić information content (AvgIpc) is 2.13. The molecule has 0 aromatic carbocycles. The third-order valence-electron chi connectivity index (χ3n) is 1.46. The molecular formula is C9H15ClO2S. The standard InChI is InChI=1S/C9H15ClO2S/c1-7(5-10)6-13-8(2)4-9(11)12-3/h5,8H,4,6H2,1-3H3. The molecule has 1 atom stereocenters. The molecule has 0 heterocycles. The molecule has 1 unspecified atom stereocenters. The molecule has 0 saturated heterocycles. The van der Waals surface area contributed by atoms with Crippen LogP contribution in [0.25, 0.3) is 0 Å². The number of hydrogen-bond donors (Lipinski definition) is 0. The summed E-state index contributed by atoms with van der Waals surface area (Å²) in [7, 11) is 1.41. The van der Waals surface area contributed by atoms with E-state index < -0.39 is 0 Å². The Balaban J connectivity index is 3.63. The van der Waals surface area contributed by atoms with E-state index in [1.807, 2.05) is 13.8 Å². The van der Waals surface area contributed by atoms with E-state index in [4.69, 9.17) is 11.6 Å². The lowest BCUT2D eigenvalue weighted by atomic mass is 10.3. The molecule has 0 amide bonds. The van der Waals surface area contributed by atoms with Gasteiger partial charge in [-0.15, -0.1) is 0 Å². The Kier molecular flexibility index (Phi) is 7.19. The molecule has 76 valence electrons. The number of methoxy groups -OCH3 is 1. The van der Waals surface area contributed by atoms with Crippen molar-refractivity contribution in [2.75, 3.05) is 12.9 Å². The molecule has 4 heteroatoms. The fourth-order valence-corrected chi connectivity index (χ4v) is 1.74. The van der Waals surface area contributed by atoms with Crippen molar-refractivity contribution in [2.24, 2.45) is 0 Å². The van der Waals surface area contributed by atoms with Gasteiger partial charge in [-0.25, -0.2) is 0 Å². The predicted molar refractivity (Wildman–Crippen MR) is 58.2 cm³/mol. The highest BCUT2D eigenvalue weighted by Crippen LogP contribution is 2.17. The molecule has 13 heavy (non-hydrogen) atoms. The van der Waals surface area contributed by atoms with Crippen LogP contribution in [-0.2, 0) is 9.53 Å². The van der Waals surface area contributed by atoms with Crippen molar-refractivity contribution in [1.82, 2.24) is 0 Å². The van der Waals surface area contributed by atoms with Crippen LogP contribution in [0.3, 0.4) is 0 Å². The summed E-state index contributed by atoms with van der Waals surface area (Å²) in [5.74, 6) is 0.703. The average molecular weight is 223 g/mol. The molecule has 0 spiro atoms. The largest absolute Gasteiger partial charge is 0.469 e. The van der Waals surface area contributed by atoms with Crippen LogP contribution in [-0.4, -0.2) is 24.1 Å². The molecule has 2 nitrogen and oxygen atoms in total. The Morgan fingerprint density at radius 2 is 2.31 bits per heavy atom. The van der Waals surface area contributed by atoms with E-state index in [0.29, 0.717) is 6.42 Å². The summed E-state index contributed by atoms with van der Waals surface area (Å²) < 4.78 is 4.56. The highest BCUT2D eigenvalue weighted by molar-refractivity contribution is 8.00. The summed E-state index contributed by atoms with van der Waals surface area (Å²) in [6, 6.07) is 0. The van der Waals surface area contributed by atoms with Gasteiger partial charge in [0.25, 0.3) is 0 Å². The minimum absolute atomic E-state index is 0.160. The second-order valence-electron chi connectivity index (χ2n) is 2.86. The van der Waals surface area contributed by atoms with Crippen molar-refractivity contribution < 1.29 is 9.53 Å². The second-order valence-corrected chi connectivity index (χ2v) is 4.50. The van der Waals surface area contributed by atoms with Crippen molar-refractivity contribution in [3.05, 3.63) is 11.1 Å². The van der Waals surface area contributed by atoms with Gasteiger partial charge < -0.3 is 4.74 Å². The fraction of sp³-hybridized carbons (Fsp3) is 0.667. The van der Waals surface area contributed by atoms with Crippen molar-refractivity contribution in [3.8, 4) is 0 Å². The summed E-state index contributed by atoms with van der Waals surface area (Å²) in [5, 5.41) is 0.277. The summed E-state index contributed by atoms with van der Waals surface area (Å²) >= 11 is 7.20. The van der Waals surface area contributed by atoms with Gasteiger partial charge in [0.15, 0.2) is 0 Å². The van der Waals surface area contributed by atoms with Gasteiger partial charge in [0.05, 0.1) is 13.5 Å². The number of ether oxygens (including phenoxy) is 1. The van der Waals surface area contributed by atoms with Crippen LogP contribution in [0.5, 0.6) is 0 Å². The normalized spacial score (nSPS) is 14.0. The highest BCUT2D eigenvalue weighted by Gasteiger charge is 2.09. The third-order valence-corrected chi connectivity index (χ3v) is 3.19. The molecule has 0 saturated carbocycles. The number of rotatable bonds is 5. The molecule has 0 aliphatic heterocycles. The zero-order chi connectivity index (χ0) is 10.3. The van der Waals surface area contributed by atoms with Crippen LogP contribution >= 0.6 is 23.4 Å². The number of carbonyl (C=O) groups is 1. The number of thioether (sulfide) groups is 1. The van der Waals surface area contributed by atoms with Crippen LogP contribution in [0.1, 0.15) is 20.3 Å². The first-order valence-electron chi connectivity index (χ1n) is 4.04. The minimum Gasteiger partial charge on any atom is -0.469 e. The van der Waals surface area contributed by atoms with Crippen LogP contribution in [0.2, 0.25) is 0 Å². The van der Waals surface area contributed by atoms with Crippen molar-refractivity contribution in [1.29, 1.82) is 0 Å². The van der Waals surface area contributed by atoms with E-state index in [-0.39, 0.29) is 11.2 Å². The lowest BCUT2D eigenvalue weighted by Crippen LogP contribution is -2.09. The SMILES string of the molecule is COC(=O)CC(C)SCC(C)=CCl. The molecule has 0 fully saturated rings. The maximum atomic E-state index is 10.9. The van der Waals surface area contributed by atoms with Crippen LogP contribution in [0.4, 0.5) is 0 Å². The fourth-order valence-electron chi connectivity index (χ4n) is 0.682. The van der Waals surface area contributed by atoms with Gasteiger partial charge in [-0.2, -0.15) is 11.8 Å². The van der Waals surface area contributed by atoms with Crippen molar-refractivity contribution >= 4 is 29.3 Å². The van der Waals surface area contributed by atoms with E-state index in [1.54, 1.807) is 17.3 Å². The quantitative estimate of drug-likeness (QED) is 0.670.